The van der Waals surface area contributed by atoms with Gasteiger partial charge < -0.3 is 25.4 Å². The molecule has 1 aliphatic rings. The number of nitrogens with zero attached hydrogens (tertiary/aromatic N) is 3. The van der Waals surface area contributed by atoms with Crippen LogP contribution in [0.5, 0.6) is 0 Å². The number of para-hydroxylation sites is 1. The average Bonchev–Trinajstić information content (AvgIpc) is 3.16. The van der Waals surface area contributed by atoms with Crippen molar-refractivity contribution in [2.24, 2.45) is 16.7 Å². The molecule has 0 radical (unpaired) electrons. The van der Waals surface area contributed by atoms with Crippen molar-refractivity contribution in [2.75, 3.05) is 18.7 Å². The first kappa shape index (κ1) is 25.0. The van der Waals surface area contributed by atoms with E-state index in [0.717, 1.165) is 28.4 Å². The molecule has 0 aromatic heterocycles. The van der Waals surface area contributed by atoms with Gasteiger partial charge in [0.15, 0.2) is 6.73 Å². The van der Waals surface area contributed by atoms with E-state index in [2.05, 4.69) is 10.4 Å². The number of hydrogen-bond acceptors (Lipinski definition) is 7. The molecule has 10 nitrogen and oxygen atoms in total. The van der Waals surface area contributed by atoms with Gasteiger partial charge in [-0.15, -0.1) is 5.10 Å². The molecule has 34 heavy (non-hydrogen) atoms. The van der Waals surface area contributed by atoms with E-state index in [1.807, 2.05) is 61.5 Å². The number of hydrazone groups is 1. The minimum absolute atomic E-state index is 0.0400. The molecule has 0 fully saturated rings. The molecular weight excluding hydrogens is 436 g/mol. The molecule has 0 aliphatic carbocycles. The first-order valence-corrected chi connectivity index (χ1v) is 11.1. The Kier molecular flexibility index (Phi) is 8.83. The maximum Gasteiger partial charge on any atom is 0.408 e. The second kappa shape index (κ2) is 12.0. The Morgan fingerprint density at radius 1 is 1.21 bits per heavy atom. The summed E-state index contributed by atoms with van der Waals surface area (Å²) in [5.74, 6) is 5.66. The Hall–Kier alpha value is -3.63. The van der Waals surface area contributed by atoms with Crippen LogP contribution in [0.1, 0.15) is 30.9 Å². The van der Waals surface area contributed by atoms with Gasteiger partial charge in [0.25, 0.3) is 0 Å². The summed E-state index contributed by atoms with van der Waals surface area (Å²) in [6.07, 6.45) is 0.519. The molecule has 10 heteroatoms. The van der Waals surface area contributed by atoms with Crippen molar-refractivity contribution < 1.29 is 19.1 Å². The van der Waals surface area contributed by atoms with E-state index in [1.165, 1.54) is 7.11 Å². The zero-order valence-corrected chi connectivity index (χ0v) is 19.5. The zero-order valence-electron chi connectivity index (χ0n) is 19.5. The smallest absolute Gasteiger partial charge is 0.408 e. The van der Waals surface area contributed by atoms with Crippen LogP contribution in [0.4, 0.5) is 10.5 Å². The highest BCUT2D eigenvalue weighted by atomic mass is 16.5. The van der Waals surface area contributed by atoms with E-state index in [1.54, 1.807) is 4.90 Å². The monoisotopic (exact) mass is 468 g/mol. The van der Waals surface area contributed by atoms with Gasteiger partial charge in [-0.2, -0.15) is 0 Å². The highest BCUT2D eigenvalue weighted by Crippen LogP contribution is 2.32. The van der Waals surface area contributed by atoms with Crippen LogP contribution in [0.3, 0.4) is 0 Å². The third-order valence-electron chi connectivity index (χ3n) is 5.46. The fourth-order valence-electron chi connectivity index (χ4n) is 3.90. The lowest BCUT2D eigenvalue weighted by Gasteiger charge is -2.28. The number of fused-ring (bicyclic) bond motifs is 1. The lowest BCUT2D eigenvalue weighted by atomic mass is 10.1. The van der Waals surface area contributed by atoms with Crippen molar-refractivity contribution in [1.82, 2.24) is 10.4 Å². The summed E-state index contributed by atoms with van der Waals surface area (Å²) < 4.78 is 10.2. The van der Waals surface area contributed by atoms with E-state index in [4.69, 9.17) is 21.1 Å². The lowest BCUT2D eigenvalue weighted by Crippen LogP contribution is -2.51. The van der Waals surface area contributed by atoms with Gasteiger partial charge in [0.1, 0.15) is 18.5 Å². The number of methoxy groups -OCH3 is 1. The molecule has 1 heterocycles. The molecular formula is C24H32N6O4. The summed E-state index contributed by atoms with van der Waals surface area (Å²) in [4.78, 5) is 27.9. The average molecular weight is 469 g/mol. The molecule has 0 spiro atoms. The van der Waals surface area contributed by atoms with E-state index in [-0.39, 0.29) is 44.0 Å². The largest absolute Gasteiger partial charge is 0.445 e. The van der Waals surface area contributed by atoms with Gasteiger partial charge in [0.05, 0.1) is 0 Å². The Bertz CT molecular complexity index is 1000. The zero-order chi connectivity index (χ0) is 24.5. The Morgan fingerprint density at radius 2 is 1.91 bits per heavy atom. The number of alkyl carbamates (subject to hydrolysis) is 1. The maximum atomic E-state index is 13.6. The van der Waals surface area contributed by atoms with Crippen molar-refractivity contribution in [3.8, 4) is 0 Å². The summed E-state index contributed by atoms with van der Waals surface area (Å²) >= 11 is 0. The number of ether oxygens (including phenoxy) is 2. The fraction of sp³-hybridized carbons (Fsp3) is 0.375. The van der Waals surface area contributed by atoms with Crippen LogP contribution in [-0.2, 0) is 27.3 Å². The number of carbonyl (C=O) groups is 2. The number of benzene rings is 2. The van der Waals surface area contributed by atoms with E-state index < -0.39 is 12.1 Å². The second-order valence-corrected chi connectivity index (χ2v) is 8.14. The van der Waals surface area contributed by atoms with Gasteiger partial charge in [0, 0.05) is 25.3 Å². The van der Waals surface area contributed by atoms with Gasteiger partial charge in [-0.1, -0.05) is 48.5 Å². The summed E-state index contributed by atoms with van der Waals surface area (Å²) in [6.45, 7) is 2.14. The first-order valence-electron chi connectivity index (χ1n) is 11.1. The Balaban J connectivity index is 1.71. The molecule has 3 rings (SSSR count). The summed E-state index contributed by atoms with van der Waals surface area (Å²) in [5.41, 5.74) is 8.76. The highest BCUT2D eigenvalue weighted by molar-refractivity contribution is 6.01. The van der Waals surface area contributed by atoms with E-state index in [0.29, 0.717) is 0 Å². The van der Waals surface area contributed by atoms with Gasteiger partial charge in [-0.3, -0.25) is 4.79 Å². The lowest BCUT2D eigenvalue weighted by molar-refractivity contribution is -0.121. The number of hydrogen-bond donors (Lipinski definition) is 3. The van der Waals surface area contributed by atoms with Crippen LogP contribution >= 0.6 is 0 Å². The van der Waals surface area contributed by atoms with Gasteiger partial charge in [-0.25, -0.2) is 15.8 Å². The van der Waals surface area contributed by atoms with Crippen LogP contribution in [0.2, 0.25) is 0 Å². The van der Waals surface area contributed by atoms with Gasteiger partial charge >= 0.3 is 6.09 Å². The quantitative estimate of drug-likeness (QED) is 0.160. The SMILES string of the molecule is COCN(N)/N=C(\N)CCC(NC(=O)OCc1ccccc1)C(=O)N1c2ccccc2CC1C. The Labute approximate surface area is 199 Å². The first-order chi connectivity index (χ1) is 16.4. The van der Waals surface area contributed by atoms with Crippen LogP contribution in [0.15, 0.2) is 59.7 Å². The summed E-state index contributed by atoms with van der Waals surface area (Å²) in [7, 11) is 1.49. The molecule has 2 aromatic carbocycles. The van der Waals surface area contributed by atoms with Crippen molar-refractivity contribution in [3.63, 3.8) is 0 Å². The molecule has 0 saturated carbocycles. The minimum Gasteiger partial charge on any atom is -0.445 e. The molecule has 2 unspecified atom stereocenters. The molecule has 2 amide bonds. The van der Waals surface area contributed by atoms with Crippen molar-refractivity contribution in [1.29, 1.82) is 0 Å². The number of amidine groups is 1. The molecule has 1 aliphatic heterocycles. The number of nitrogens with one attached hydrogen (secondary N) is 1. The molecule has 5 N–H and O–H groups in total. The number of nitrogens with two attached hydrogens (primary N) is 2. The number of amides is 2. The topological polar surface area (TPSA) is 136 Å². The summed E-state index contributed by atoms with van der Waals surface area (Å²) in [6, 6.07) is 16.2. The standard InChI is InChI=1S/C24H32N6O4/c1-17-14-19-10-6-7-11-21(19)30(17)23(31)20(12-13-22(25)28-29(26)16-33-2)27-24(32)34-15-18-8-4-3-5-9-18/h3-11,17,20H,12-16,26H2,1-2H3,(H2,25,28)(H,27,32). The van der Waals surface area contributed by atoms with Crippen LogP contribution in [0.25, 0.3) is 0 Å². The van der Waals surface area contributed by atoms with Crippen molar-refractivity contribution in [2.45, 2.75) is 44.9 Å². The van der Waals surface area contributed by atoms with Crippen molar-refractivity contribution >= 4 is 23.5 Å². The van der Waals surface area contributed by atoms with E-state index >= 15 is 0 Å². The van der Waals surface area contributed by atoms with Crippen LogP contribution in [0, 0.1) is 0 Å². The predicted octanol–water partition coefficient (Wildman–Crippen LogP) is 2.09. The van der Waals surface area contributed by atoms with Gasteiger partial charge in [-0.05, 0) is 37.0 Å². The summed E-state index contributed by atoms with van der Waals surface area (Å²) in [5, 5.41) is 7.79. The van der Waals surface area contributed by atoms with Crippen molar-refractivity contribution in [3.05, 3.63) is 65.7 Å². The van der Waals surface area contributed by atoms with Gasteiger partial charge in [0.2, 0.25) is 5.91 Å². The van der Waals surface area contributed by atoms with Crippen LogP contribution in [-0.4, -0.2) is 48.9 Å². The van der Waals surface area contributed by atoms with Crippen LogP contribution < -0.4 is 21.8 Å². The van der Waals surface area contributed by atoms with E-state index in [9.17, 15) is 9.59 Å². The maximum absolute atomic E-state index is 13.6. The molecule has 2 atom stereocenters. The number of carbonyl (C=O) groups excluding carboxylic acids is 2. The Morgan fingerprint density at radius 3 is 2.65 bits per heavy atom. The predicted molar refractivity (Wildman–Crippen MR) is 129 cm³/mol. The minimum atomic E-state index is -0.862. The highest BCUT2D eigenvalue weighted by Gasteiger charge is 2.35. The normalized spacial score (nSPS) is 16.0. The molecule has 0 saturated heterocycles. The fourth-order valence-corrected chi connectivity index (χ4v) is 3.90. The number of anilines is 1. The third kappa shape index (κ3) is 6.69. The second-order valence-electron chi connectivity index (χ2n) is 8.14. The molecule has 182 valence electrons. The number of rotatable bonds is 10. The number of hydrazine groups is 1. The molecule has 0 bridgehead atoms. The molecule has 2 aromatic rings. The third-order valence-corrected chi connectivity index (χ3v) is 5.46.